The van der Waals surface area contributed by atoms with E-state index in [1.165, 1.54) is 0 Å². The van der Waals surface area contributed by atoms with Crippen LogP contribution in [0.15, 0.2) is 0 Å². The number of carbonyl (C=O) groups is 2. The Hall–Kier alpha value is -1.18. The summed E-state index contributed by atoms with van der Waals surface area (Å²) in [6.07, 6.45) is -5.51. The highest BCUT2D eigenvalue weighted by Gasteiger charge is 2.54. The van der Waals surface area contributed by atoms with E-state index in [1.807, 2.05) is 0 Å². The number of alkyl halides is 4. The van der Waals surface area contributed by atoms with Crippen molar-refractivity contribution in [3.63, 3.8) is 0 Å². The zero-order valence-electron chi connectivity index (χ0n) is 11.9. The molecule has 1 aliphatic rings. The van der Waals surface area contributed by atoms with Crippen molar-refractivity contribution in [3.05, 3.63) is 0 Å². The Morgan fingerprint density at radius 2 is 1.81 bits per heavy atom. The van der Waals surface area contributed by atoms with E-state index in [9.17, 15) is 22.8 Å². The molecule has 21 heavy (non-hydrogen) atoms. The van der Waals surface area contributed by atoms with Crippen LogP contribution in [0.25, 0.3) is 0 Å². The molecule has 1 amide bonds. The standard InChI is InChI=1S/C12H17ClF3NO4/c1-11(2,3)21-10(19)17-4-7(9(18)20-6-13)8(5-17)12(14,15)16/h7-8H,4-6H2,1-3H3. The molecule has 122 valence electrons. The van der Waals surface area contributed by atoms with E-state index < -0.39 is 54.8 Å². The molecule has 0 aliphatic carbocycles. The molecule has 0 bridgehead atoms. The van der Waals surface area contributed by atoms with Gasteiger partial charge in [0.15, 0.2) is 6.07 Å². The molecule has 2 atom stereocenters. The first-order valence-electron chi connectivity index (χ1n) is 6.23. The molecule has 0 aromatic heterocycles. The van der Waals surface area contributed by atoms with E-state index in [0.29, 0.717) is 0 Å². The van der Waals surface area contributed by atoms with Gasteiger partial charge in [0, 0.05) is 13.1 Å². The predicted molar refractivity (Wildman–Crippen MR) is 67.7 cm³/mol. The third kappa shape index (κ3) is 4.94. The third-order valence-corrected chi connectivity index (χ3v) is 3.00. The fourth-order valence-corrected chi connectivity index (χ4v) is 2.12. The van der Waals surface area contributed by atoms with Crippen LogP contribution in [-0.2, 0) is 14.3 Å². The Kier molecular flexibility index (Phi) is 5.35. The molecule has 1 saturated heterocycles. The minimum atomic E-state index is -4.62. The van der Waals surface area contributed by atoms with Crippen LogP contribution in [0.2, 0.25) is 0 Å². The maximum Gasteiger partial charge on any atom is 0.410 e. The highest BCUT2D eigenvalue weighted by atomic mass is 35.5. The van der Waals surface area contributed by atoms with Gasteiger partial charge in [0.1, 0.15) is 5.60 Å². The first-order chi connectivity index (χ1) is 9.45. The fourth-order valence-electron chi connectivity index (χ4n) is 2.01. The number of ether oxygens (including phenoxy) is 2. The number of halogens is 4. The Morgan fingerprint density at radius 1 is 1.24 bits per heavy atom. The molecule has 1 heterocycles. The van der Waals surface area contributed by atoms with Crippen molar-refractivity contribution in [2.75, 3.05) is 19.2 Å². The molecule has 5 nitrogen and oxygen atoms in total. The van der Waals surface area contributed by atoms with Gasteiger partial charge in [-0.05, 0) is 20.8 Å². The number of hydrogen-bond donors (Lipinski definition) is 0. The second kappa shape index (κ2) is 6.29. The van der Waals surface area contributed by atoms with Gasteiger partial charge < -0.3 is 14.4 Å². The van der Waals surface area contributed by atoms with E-state index >= 15 is 0 Å². The van der Waals surface area contributed by atoms with Gasteiger partial charge in [0.25, 0.3) is 0 Å². The topological polar surface area (TPSA) is 55.8 Å². The number of carbonyl (C=O) groups excluding carboxylic acids is 2. The van der Waals surface area contributed by atoms with Crippen LogP contribution < -0.4 is 0 Å². The molecule has 0 radical (unpaired) electrons. The lowest BCUT2D eigenvalue weighted by atomic mass is 9.96. The summed E-state index contributed by atoms with van der Waals surface area (Å²) in [7, 11) is 0. The number of likely N-dealkylation sites (tertiary alicyclic amines) is 1. The number of esters is 1. The summed E-state index contributed by atoms with van der Waals surface area (Å²) in [6, 6.07) is -0.535. The first kappa shape index (κ1) is 17.9. The summed E-state index contributed by atoms with van der Waals surface area (Å²) in [5.41, 5.74) is -0.834. The fraction of sp³-hybridized carbons (Fsp3) is 0.833. The summed E-state index contributed by atoms with van der Waals surface area (Å²) >= 11 is 5.19. The summed E-state index contributed by atoms with van der Waals surface area (Å²) in [4.78, 5) is 24.3. The smallest absolute Gasteiger partial charge is 0.410 e. The van der Waals surface area contributed by atoms with Crippen molar-refractivity contribution in [2.24, 2.45) is 11.8 Å². The SMILES string of the molecule is CC(C)(C)OC(=O)N1CC(C(=O)OCCl)C(C(F)(F)F)C1. The van der Waals surface area contributed by atoms with Gasteiger partial charge in [-0.25, -0.2) is 4.79 Å². The van der Waals surface area contributed by atoms with Gasteiger partial charge in [0.2, 0.25) is 0 Å². The van der Waals surface area contributed by atoms with Crippen LogP contribution >= 0.6 is 11.6 Å². The highest BCUT2D eigenvalue weighted by Crippen LogP contribution is 2.38. The molecule has 1 fully saturated rings. The Morgan fingerprint density at radius 3 is 2.24 bits per heavy atom. The maximum absolute atomic E-state index is 13.0. The molecule has 1 rings (SSSR count). The molecule has 0 N–H and O–H groups in total. The van der Waals surface area contributed by atoms with Crippen LogP contribution in [0.4, 0.5) is 18.0 Å². The maximum atomic E-state index is 13.0. The molecule has 0 saturated carbocycles. The molecular weight excluding hydrogens is 315 g/mol. The molecule has 0 aromatic rings. The summed E-state index contributed by atoms with van der Waals surface area (Å²) in [5, 5.41) is 0. The van der Waals surface area contributed by atoms with Gasteiger partial charge in [-0.15, -0.1) is 0 Å². The predicted octanol–water partition coefficient (Wildman–Crippen LogP) is 2.77. The van der Waals surface area contributed by atoms with Gasteiger partial charge in [-0.3, -0.25) is 4.79 Å². The van der Waals surface area contributed by atoms with Crippen LogP contribution in [-0.4, -0.2) is 47.9 Å². The number of hydrogen-bond acceptors (Lipinski definition) is 4. The lowest BCUT2D eigenvalue weighted by Crippen LogP contribution is -2.36. The molecule has 0 spiro atoms. The molecule has 9 heteroatoms. The van der Waals surface area contributed by atoms with Crippen molar-refractivity contribution in [2.45, 2.75) is 32.5 Å². The van der Waals surface area contributed by atoms with Gasteiger partial charge in [-0.2, -0.15) is 13.2 Å². The first-order valence-corrected chi connectivity index (χ1v) is 6.76. The quantitative estimate of drug-likeness (QED) is 0.577. The van der Waals surface area contributed by atoms with Crippen molar-refractivity contribution in [3.8, 4) is 0 Å². The second-order valence-electron chi connectivity index (χ2n) is 5.71. The van der Waals surface area contributed by atoms with Crippen LogP contribution in [0.3, 0.4) is 0 Å². The van der Waals surface area contributed by atoms with Crippen molar-refractivity contribution < 1.29 is 32.2 Å². The Balaban J connectivity index is 2.85. The van der Waals surface area contributed by atoms with Crippen LogP contribution in [0.5, 0.6) is 0 Å². The molecular formula is C12H17ClF3NO4. The second-order valence-corrected chi connectivity index (χ2v) is 5.93. The summed E-state index contributed by atoms with van der Waals surface area (Å²) in [6.45, 7) is 3.75. The Bertz CT molecular complexity index is 408. The molecule has 2 unspecified atom stereocenters. The van der Waals surface area contributed by atoms with Gasteiger partial charge in [0.05, 0.1) is 11.8 Å². The lowest BCUT2D eigenvalue weighted by molar-refractivity contribution is -0.189. The molecule has 0 aromatic carbocycles. The van der Waals surface area contributed by atoms with E-state index in [2.05, 4.69) is 4.74 Å². The molecule has 1 aliphatic heterocycles. The summed E-state index contributed by atoms with van der Waals surface area (Å²) in [5.74, 6) is -4.55. The average Bonchev–Trinajstić information content (AvgIpc) is 2.71. The van der Waals surface area contributed by atoms with Crippen molar-refractivity contribution in [1.29, 1.82) is 0 Å². The third-order valence-electron chi connectivity index (χ3n) is 2.89. The number of nitrogens with zero attached hydrogens (tertiary/aromatic N) is 1. The normalized spacial score (nSPS) is 23.1. The van der Waals surface area contributed by atoms with E-state index in [-0.39, 0.29) is 0 Å². The number of rotatable bonds is 2. The minimum absolute atomic E-state index is 0.408. The number of amides is 1. The zero-order valence-corrected chi connectivity index (χ0v) is 12.6. The Labute approximate surface area is 125 Å². The monoisotopic (exact) mass is 331 g/mol. The summed E-state index contributed by atoms with van der Waals surface area (Å²) < 4.78 is 48.3. The minimum Gasteiger partial charge on any atom is -0.449 e. The largest absolute Gasteiger partial charge is 0.449 e. The van der Waals surface area contributed by atoms with Crippen molar-refractivity contribution >= 4 is 23.7 Å². The van der Waals surface area contributed by atoms with Crippen LogP contribution in [0.1, 0.15) is 20.8 Å². The van der Waals surface area contributed by atoms with Gasteiger partial charge in [-0.1, -0.05) is 11.6 Å². The van der Waals surface area contributed by atoms with Crippen LogP contribution in [0, 0.1) is 11.8 Å². The van der Waals surface area contributed by atoms with E-state index in [0.717, 1.165) is 4.90 Å². The van der Waals surface area contributed by atoms with Crippen molar-refractivity contribution in [1.82, 2.24) is 4.90 Å². The average molecular weight is 332 g/mol. The van der Waals surface area contributed by atoms with Gasteiger partial charge >= 0.3 is 18.2 Å². The lowest BCUT2D eigenvalue weighted by Gasteiger charge is -2.24. The highest BCUT2D eigenvalue weighted by molar-refractivity contribution is 6.17. The zero-order chi connectivity index (χ0) is 16.4. The van der Waals surface area contributed by atoms with E-state index in [4.69, 9.17) is 16.3 Å². The van der Waals surface area contributed by atoms with E-state index in [1.54, 1.807) is 20.8 Å².